The second-order valence-corrected chi connectivity index (χ2v) is 11.2. The molecule has 10 heteroatoms. The number of nitrogens with zero attached hydrogens (tertiary/aromatic N) is 1. The van der Waals surface area contributed by atoms with Crippen LogP contribution < -0.4 is 14.8 Å². The van der Waals surface area contributed by atoms with Crippen molar-refractivity contribution in [3.8, 4) is 11.5 Å². The van der Waals surface area contributed by atoms with Gasteiger partial charge in [0.05, 0.1) is 19.8 Å². The number of alkyl halides is 3. The van der Waals surface area contributed by atoms with Gasteiger partial charge in [-0.05, 0) is 48.8 Å². The molecule has 1 fully saturated rings. The maximum Gasteiger partial charge on any atom is 0.425 e. The Kier molecular flexibility index (Phi) is 7.56. The van der Waals surface area contributed by atoms with Gasteiger partial charge in [0.25, 0.3) is 5.91 Å². The SMILES string of the molecule is COc1ccc(CCN2C(=O)[C@@](NC(=O)C3CCCCC3)(C(F)(F)F)C3=C2CC(C)(C)CC3=O)cc1OC. The van der Waals surface area contributed by atoms with E-state index in [1.54, 1.807) is 32.0 Å². The maximum absolute atomic E-state index is 15.0. The molecular formula is C28H35F3N2O5. The molecule has 0 unspecified atom stereocenters. The molecular weight excluding hydrogens is 501 g/mol. The summed E-state index contributed by atoms with van der Waals surface area (Å²) in [5, 5.41) is 2.10. The molecule has 2 amide bonds. The van der Waals surface area contributed by atoms with Gasteiger partial charge in [-0.3, -0.25) is 14.4 Å². The number of hydrogen-bond donors (Lipinski definition) is 1. The van der Waals surface area contributed by atoms with Gasteiger partial charge >= 0.3 is 6.18 Å². The summed E-state index contributed by atoms with van der Waals surface area (Å²) >= 11 is 0. The molecule has 1 aromatic carbocycles. The van der Waals surface area contributed by atoms with Gasteiger partial charge in [-0.25, -0.2) is 0 Å². The summed E-state index contributed by atoms with van der Waals surface area (Å²) in [6, 6.07) is 5.13. The number of hydrogen-bond acceptors (Lipinski definition) is 5. The number of nitrogens with one attached hydrogen (secondary N) is 1. The first kappa shape index (κ1) is 28.0. The number of amides is 2. The summed E-state index contributed by atoms with van der Waals surface area (Å²) in [6.45, 7) is 3.49. The van der Waals surface area contributed by atoms with Gasteiger partial charge in [0.2, 0.25) is 11.4 Å². The van der Waals surface area contributed by atoms with Crippen LogP contribution in [0.4, 0.5) is 13.2 Å². The van der Waals surface area contributed by atoms with E-state index < -0.39 is 46.2 Å². The summed E-state index contributed by atoms with van der Waals surface area (Å²) in [4.78, 5) is 41.3. The van der Waals surface area contributed by atoms with Crippen molar-refractivity contribution in [3.05, 3.63) is 35.0 Å². The van der Waals surface area contributed by atoms with E-state index in [0.29, 0.717) is 24.3 Å². The van der Waals surface area contributed by atoms with Gasteiger partial charge in [-0.15, -0.1) is 0 Å². The standard InChI is InChI=1S/C28H35F3N2O5/c1-26(2)15-19-23(20(34)16-26)27(28(29,30)31,32-24(35)18-8-6-5-7-9-18)25(36)33(19)13-12-17-10-11-21(37-3)22(14-17)38-4/h10-11,14,18H,5-9,12-13,15-16H2,1-4H3,(H,32,35)/t27-/m1/s1. The van der Waals surface area contributed by atoms with E-state index in [0.717, 1.165) is 29.7 Å². The topological polar surface area (TPSA) is 84.9 Å². The number of methoxy groups -OCH3 is 2. The lowest BCUT2D eigenvalue weighted by molar-refractivity contribution is -0.195. The van der Waals surface area contributed by atoms with Crippen LogP contribution in [0.2, 0.25) is 0 Å². The maximum atomic E-state index is 15.0. The van der Waals surface area contributed by atoms with Crippen molar-refractivity contribution in [1.29, 1.82) is 0 Å². The first-order valence-corrected chi connectivity index (χ1v) is 13.0. The second kappa shape index (κ2) is 10.3. The number of benzene rings is 1. The quantitative estimate of drug-likeness (QED) is 0.545. The fraction of sp³-hybridized carbons (Fsp3) is 0.607. The van der Waals surface area contributed by atoms with Gasteiger partial charge in [0.1, 0.15) is 0 Å². The Morgan fingerprint density at radius 3 is 2.32 bits per heavy atom. The second-order valence-electron chi connectivity index (χ2n) is 11.2. The fourth-order valence-corrected chi connectivity index (χ4v) is 5.99. The molecule has 3 aliphatic rings. The Labute approximate surface area is 220 Å². The lowest BCUT2D eigenvalue weighted by atomic mass is 9.72. The van der Waals surface area contributed by atoms with Gasteiger partial charge in [-0.2, -0.15) is 13.2 Å². The van der Waals surface area contributed by atoms with Crippen LogP contribution >= 0.6 is 0 Å². The van der Waals surface area contributed by atoms with E-state index in [-0.39, 0.29) is 31.5 Å². The highest BCUT2D eigenvalue weighted by atomic mass is 19.4. The third-order valence-electron chi connectivity index (χ3n) is 7.90. The number of halogens is 3. The molecule has 1 saturated carbocycles. The van der Waals surface area contributed by atoms with Crippen LogP contribution in [0.5, 0.6) is 11.5 Å². The monoisotopic (exact) mass is 536 g/mol. The molecule has 208 valence electrons. The molecule has 0 aromatic heterocycles. The smallest absolute Gasteiger partial charge is 0.425 e. The minimum Gasteiger partial charge on any atom is -0.493 e. The van der Waals surface area contributed by atoms with E-state index in [9.17, 15) is 27.6 Å². The molecule has 1 atom stereocenters. The Balaban J connectivity index is 1.73. The zero-order valence-corrected chi connectivity index (χ0v) is 22.3. The third kappa shape index (κ3) is 4.89. The minimum absolute atomic E-state index is 0.0537. The van der Waals surface area contributed by atoms with Crippen molar-refractivity contribution in [1.82, 2.24) is 10.2 Å². The molecule has 1 heterocycles. The summed E-state index contributed by atoms with van der Waals surface area (Å²) in [6.07, 6.45) is -1.68. The summed E-state index contributed by atoms with van der Waals surface area (Å²) in [5.74, 6) is -2.54. The normalized spacial score (nSPS) is 23.9. The average molecular weight is 537 g/mol. The number of carbonyl (C=O) groups is 3. The highest BCUT2D eigenvalue weighted by Gasteiger charge is 2.71. The molecule has 0 bridgehead atoms. The zero-order valence-electron chi connectivity index (χ0n) is 22.3. The highest BCUT2D eigenvalue weighted by molar-refractivity contribution is 6.13. The van der Waals surface area contributed by atoms with E-state index in [4.69, 9.17) is 9.47 Å². The Morgan fingerprint density at radius 1 is 1.05 bits per heavy atom. The van der Waals surface area contributed by atoms with Crippen LogP contribution in [0.15, 0.2) is 29.5 Å². The van der Waals surface area contributed by atoms with Gasteiger partial charge < -0.3 is 19.7 Å². The average Bonchev–Trinajstić information content (AvgIpc) is 3.09. The van der Waals surface area contributed by atoms with E-state index in [2.05, 4.69) is 5.32 Å². The molecule has 2 aliphatic carbocycles. The van der Waals surface area contributed by atoms with Gasteiger partial charge in [0, 0.05) is 24.6 Å². The van der Waals surface area contributed by atoms with Crippen LogP contribution in [0.25, 0.3) is 0 Å². The largest absolute Gasteiger partial charge is 0.493 e. The van der Waals surface area contributed by atoms with Crippen molar-refractivity contribution in [2.75, 3.05) is 20.8 Å². The molecule has 0 radical (unpaired) electrons. The van der Waals surface area contributed by atoms with Crippen molar-refractivity contribution in [2.24, 2.45) is 11.3 Å². The van der Waals surface area contributed by atoms with Crippen LogP contribution in [0, 0.1) is 11.3 Å². The van der Waals surface area contributed by atoms with E-state index in [1.165, 1.54) is 14.2 Å². The minimum atomic E-state index is -5.19. The highest BCUT2D eigenvalue weighted by Crippen LogP contribution is 2.52. The lowest BCUT2D eigenvalue weighted by Gasteiger charge is -2.36. The van der Waals surface area contributed by atoms with Crippen molar-refractivity contribution in [3.63, 3.8) is 0 Å². The molecule has 7 nitrogen and oxygen atoms in total. The van der Waals surface area contributed by atoms with Gasteiger partial charge in [-0.1, -0.05) is 39.2 Å². The van der Waals surface area contributed by atoms with Crippen molar-refractivity contribution in [2.45, 2.75) is 76.9 Å². The summed E-state index contributed by atoms with van der Waals surface area (Å²) in [5.41, 5.74) is -3.85. The first-order chi connectivity index (χ1) is 17.8. The number of rotatable bonds is 7. The van der Waals surface area contributed by atoms with Crippen LogP contribution in [0.1, 0.15) is 64.4 Å². The molecule has 0 saturated heterocycles. The molecule has 0 spiro atoms. The fourth-order valence-electron chi connectivity index (χ4n) is 5.99. The first-order valence-electron chi connectivity index (χ1n) is 13.0. The zero-order chi connectivity index (χ0) is 27.9. The third-order valence-corrected chi connectivity index (χ3v) is 7.90. The summed E-state index contributed by atoms with van der Waals surface area (Å²) < 4.78 is 55.5. The number of Topliss-reactive ketones (excluding diaryl/α,β-unsaturated/α-hetero) is 1. The number of ketones is 1. The van der Waals surface area contributed by atoms with Gasteiger partial charge in [0.15, 0.2) is 17.3 Å². The molecule has 1 aliphatic heterocycles. The number of carbonyl (C=O) groups excluding carboxylic acids is 3. The van der Waals surface area contributed by atoms with Crippen LogP contribution in [-0.4, -0.2) is 55.0 Å². The molecule has 38 heavy (non-hydrogen) atoms. The molecule has 1 aromatic rings. The predicted octanol–water partition coefficient (Wildman–Crippen LogP) is 4.73. The van der Waals surface area contributed by atoms with E-state index in [1.807, 2.05) is 0 Å². The molecule has 4 rings (SSSR count). The Hall–Kier alpha value is -3.04. The van der Waals surface area contributed by atoms with Crippen molar-refractivity contribution >= 4 is 17.6 Å². The predicted molar refractivity (Wildman–Crippen MR) is 134 cm³/mol. The van der Waals surface area contributed by atoms with Crippen LogP contribution in [0.3, 0.4) is 0 Å². The van der Waals surface area contributed by atoms with E-state index >= 15 is 0 Å². The van der Waals surface area contributed by atoms with Crippen molar-refractivity contribution < 1.29 is 37.0 Å². The molecule has 1 N–H and O–H groups in total. The Morgan fingerprint density at radius 2 is 1.71 bits per heavy atom. The lowest BCUT2D eigenvalue weighted by Crippen LogP contribution is -2.67. The number of ether oxygens (including phenoxy) is 2. The van der Waals surface area contributed by atoms with Crippen LogP contribution in [-0.2, 0) is 20.8 Å². The number of allylic oxidation sites excluding steroid dienone is 1. The Bertz CT molecular complexity index is 1150. The summed E-state index contributed by atoms with van der Waals surface area (Å²) in [7, 11) is 2.97.